The van der Waals surface area contributed by atoms with Crippen molar-refractivity contribution >= 4 is 17.3 Å². The Morgan fingerprint density at radius 1 is 1.53 bits per heavy atom. The highest BCUT2D eigenvalue weighted by Gasteiger charge is 2.23. The number of nitrogens with one attached hydrogen (secondary N) is 1. The summed E-state index contributed by atoms with van der Waals surface area (Å²) < 4.78 is 0. The molecule has 0 aliphatic heterocycles. The van der Waals surface area contributed by atoms with Gasteiger partial charge in [-0.15, -0.1) is 0 Å². The van der Waals surface area contributed by atoms with E-state index in [0.29, 0.717) is 6.42 Å². The molecule has 0 spiro atoms. The van der Waals surface area contributed by atoms with Crippen LogP contribution in [0.15, 0.2) is 18.2 Å². The fourth-order valence-corrected chi connectivity index (χ4v) is 1.66. The number of hydrogen-bond acceptors (Lipinski definition) is 5. The summed E-state index contributed by atoms with van der Waals surface area (Å²) >= 11 is 0. The molecule has 0 aromatic heterocycles. The molecule has 7 nitrogen and oxygen atoms in total. The van der Waals surface area contributed by atoms with Gasteiger partial charge in [0, 0.05) is 23.8 Å². The molecule has 1 rings (SSSR count). The Morgan fingerprint density at radius 3 is 2.63 bits per heavy atom. The monoisotopic (exact) mass is 267 g/mol. The number of hydrogen-bond donors (Lipinski definition) is 3. The molecule has 7 heteroatoms. The lowest BCUT2D eigenvalue weighted by molar-refractivity contribution is -0.384. The van der Waals surface area contributed by atoms with E-state index in [0.717, 1.165) is 0 Å². The Morgan fingerprint density at radius 2 is 2.16 bits per heavy atom. The van der Waals surface area contributed by atoms with Gasteiger partial charge in [-0.05, 0) is 32.4 Å². The molecule has 1 amide bonds. The first-order valence-corrected chi connectivity index (χ1v) is 5.74. The third-order valence-electron chi connectivity index (χ3n) is 2.69. The average molecular weight is 267 g/mol. The van der Waals surface area contributed by atoms with Gasteiger partial charge in [-0.25, -0.2) is 0 Å². The van der Waals surface area contributed by atoms with Crippen molar-refractivity contribution in [2.24, 2.45) is 5.73 Å². The number of aliphatic hydroxyl groups excluding tert-OH is 1. The number of carbonyl (C=O) groups is 1. The molecule has 0 aliphatic carbocycles. The van der Waals surface area contributed by atoms with Crippen molar-refractivity contribution in [3.05, 3.63) is 33.9 Å². The first-order valence-electron chi connectivity index (χ1n) is 5.74. The maximum absolute atomic E-state index is 11.1. The first-order chi connectivity index (χ1) is 8.76. The van der Waals surface area contributed by atoms with Crippen molar-refractivity contribution in [2.45, 2.75) is 25.8 Å². The summed E-state index contributed by atoms with van der Waals surface area (Å²) in [5.41, 5.74) is 4.86. The molecular formula is C12H17N3O4. The topological polar surface area (TPSA) is 118 Å². The van der Waals surface area contributed by atoms with E-state index in [2.05, 4.69) is 5.32 Å². The molecule has 0 saturated carbocycles. The largest absolute Gasteiger partial charge is 0.396 e. The lowest BCUT2D eigenvalue weighted by atomic mass is 10.00. The summed E-state index contributed by atoms with van der Waals surface area (Å²) in [6.07, 6.45) is 0.408. The number of nitro benzene ring substituents is 1. The van der Waals surface area contributed by atoms with Crippen LogP contribution in [-0.2, 0) is 0 Å². The van der Waals surface area contributed by atoms with Crippen LogP contribution in [0.2, 0.25) is 0 Å². The molecule has 0 aliphatic rings. The van der Waals surface area contributed by atoms with Crippen LogP contribution in [0.3, 0.4) is 0 Å². The average Bonchev–Trinajstić information content (AvgIpc) is 2.27. The second-order valence-corrected chi connectivity index (χ2v) is 4.84. The zero-order chi connectivity index (χ0) is 14.6. The van der Waals surface area contributed by atoms with E-state index in [1.165, 1.54) is 18.2 Å². The Hall–Kier alpha value is -2.15. The molecule has 0 fully saturated rings. The van der Waals surface area contributed by atoms with Gasteiger partial charge in [0.05, 0.1) is 4.92 Å². The Kier molecular flexibility index (Phi) is 4.44. The molecule has 0 saturated heterocycles. The minimum absolute atomic E-state index is 0.0523. The highest BCUT2D eigenvalue weighted by molar-refractivity contribution is 5.94. The van der Waals surface area contributed by atoms with Gasteiger partial charge in [0.15, 0.2) is 0 Å². The number of nitrogens with zero attached hydrogens (tertiary/aromatic N) is 1. The summed E-state index contributed by atoms with van der Waals surface area (Å²) in [5.74, 6) is -0.655. The maximum atomic E-state index is 11.1. The lowest BCUT2D eigenvalue weighted by Crippen LogP contribution is -2.32. The van der Waals surface area contributed by atoms with E-state index in [4.69, 9.17) is 10.8 Å². The standard InChI is InChI=1S/C12H17N3O4/c1-12(2,5-6-16)14-9-7-8(11(13)17)3-4-10(9)15(18)19/h3-4,7,14,16H,5-6H2,1-2H3,(H2,13,17). The second-order valence-electron chi connectivity index (χ2n) is 4.84. The van der Waals surface area contributed by atoms with Crippen molar-refractivity contribution in [1.29, 1.82) is 0 Å². The molecule has 0 bridgehead atoms. The zero-order valence-electron chi connectivity index (χ0n) is 10.8. The lowest BCUT2D eigenvalue weighted by Gasteiger charge is -2.26. The van der Waals surface area contributed by atoms with Crippen LogP contribution in [0.5, 0.6) is 0 Å². The third-order valence-corrected chi connectivity index (χ3v) is 2.69. The molecule has 104 valence electrons. The summed E-state index contributed by atoms with van der Waals surface area (Å²) in [5, 5.41) is 22.9. The highest BCUT2D eigenvalue weighted by atomic mass is 16.6. The molecule has 1 aromatic carbocycles. The first kappa shape index (κ1) is 14.9. The van der Waals surface area contributed by atoms with Crippen LogP contribution in [0.1, 0.15) is 30.6 Å². The number of nitro groups is 1. The van der Waals surface area contributed by atoms with E-state index in [1.807, 2.05) is 0 Å². The molecule has 19 heavy (non-hydrogen) atoms. The fraction of sp³-hybridized carbons (Fsp3) is 0.417. The van der Waals surface area contributed by atoms with Gasteiger partial charge in [0.2, 0.25) is 5.91 Å². The van der Waals surface area contributed by atoms with Crippen molar-refractivity contribution in [3.8, 4) is 0 Å². The van der Waals surface area contributed by atoms with E-state index in [9.17, 15) is 14.9 Å². The van der Waals surface area contributed by atoms with E-state index in [-0.39, 0.29) is 23.5 Å². The zero-order valence-corrected chi connectivity index (χ0v) is 10.8. The number of aliphatic hydroxyl groups is 1. The van der Waals surface area contributed by atoms with Crippen molar-refractivity contribution in [2.75, 3.05) is 11.9 Å². The minimum Gasteiger partial charge on any atom is -0.396 e. The summed E-state index contributed by atoms with van der Waals surface area (Å²) in [6, 6.07) is 3.89. The van der Waals surface area contributed by atoms with Gasteiger partial charge in [0.1, 0.15) is 5.69 Å². The van der Waals surface area contributed by atoms with Crippen LogP contribution >= 0.6 is 0 Å². The van der Waals surface area contributed by atoms with Crippen LogP contribution in [-0.4, -0.2) is 28.1 Å². The van der Waals surface area contributed by atoms with Crippen LogP contribution in [0, 0.1) is 10.1 Å². The molecule has 0 heterocycles. The predicted molar refractivity (Wildman–Crippen MR) is 71.0 cm³/mol. The Labute approximate surface area is 110 Å². The minimum atomic E-state index is -0.655. The molecular weight excluding hydrogens is 250 g/mol. The SMILES string of the molecule is CC(C)(CCO)Nc1cc(C(N)=O)ccc1[N+](=O)[O-]. The molecule has 0 atom stereocenters. The molecule has 4 N–H and O–H groups in total. The highest BCUT2D eigenvalue weighted by Crippen LogP contribution is 2.29. The summed E-state index contributed by atoms with van der Waals surface area (Å²) in [7, 11) is 0. The number of anilines is 1. The normalized spacial score (nSPS) is 11.1. The van der Waals surface area contributed by atoms with E-state index < -0.39 is 16.4 Å². The van der Waals surface area contributed by atoms with Gasteiger partial charge in [-0.1, -0.05) is 0 Å². The van der Waals surface area contributed by atoms with Crippen LogP contribution in [0.25, 0.3) is 0 Å². The summed E-state index contributed by atoms with van der Waals surface area (Å²) in [6.45, 7) is 3.54. The quantitative estimate of drug-likeness (QED) is 0.529. The predicted octanol–water partition coefficient (Wildman–Crippen LogP) is 1.27. The van der Waals surface area contributed by atoms with Crippen molar-refractivity contribution < 1.29 is 14.8 Å². The third kappa shape index (κ3) is 3.92. The van der Waals surface area contributed by atoms with Gasteiger partial charge in [-0.3, -0.25) is 14.9 Å². The molecule has 0 unspecified atom stereocenters. The maximum Gasteiger partial charge on any atom is 0.292 e. The number of amides is 1. The smallest absolute Gasteiger partial charge is 0.292 e. The number of benzene rings is 1. The van der Waals surface area contributed by atoms with Gasteiger partial charge >= 0.3 is 0 Å². The Bertz CT molecular complexity index is 500. The Balaban J connectivity index is 3.18. The van der Waals surface area contributed by atoms with Gasteiger partial charge in [-0.2, -0.15) is 0 Å². The fourth-order valence-electron chi connectivity index (χ4n) is 1.66. The molecule has 0 radical (unpaired) electrons. The van der Waals surface area contributed by atoms with Gasteiger partial charge in [0.25, 0.3) is 5.69 Å². The van der Waals surface area contributed by atoms with Crippen LogP contribution < -0.4 is 11.1 Å². The van der Waals surface area contributed by atoms with Crippen molar-refractivity contribution in [3.63, 3.8) is 0 Å². The van der Waals surface area contributed by atoms with Gasteiger partial charge < -0.3 is 16.2 Å². The number of carbonyl (C=O) groups excluding carboxylic acids is 1. The number of nitrogens with two attached hydrogens (primary N) is 1. The second kappa shape index (κ2) is 5.66. The molecule has 1 aromatic rings. The van der Waals surface area contributed by atoms with Crippen LogP contribution in [0.4, 0.5) is 11.4 Å². The van der Waals surface area contributed by atoms with Crippen molar-refractivity contribution in [1.82, 2.24) is 0 Å². The van der Waals surface area contributed by atoms with E-state index >= 15 is 0 Å². The number of rotatable bonds is 6. The summed E-state index contributed by atoms with van der Waals surface area (Å²) in [4.78, 5) is 21.5. The number of primary amides is 1. The van der Waals surface area contributed by atoms with E-state index in [1.54, 1.807) is 13.8 Å².